The molecule has 37 heavy (non-hydrogen) atoms. The van der Waals surface area contributed by atoms with Crippen molar-refractivity contribution in [2.45, 2.75) is 52.6 Å². The van der Waals surface area contributed by atoms with Crippen molar-refractivity contribution in [3.05, 3.63) is 89.8 Å². The highest BCUT2D eigenvalue weighted by molar-refractivity contribution is 5.77. The molecule has 1 aliphatic carbocycles. The standard InChI is InChI=1S/C30H32N6O/c1-18-8-7-11-23(33-18)29-28(20-12-13-26-31-17-32-36(26)16-20)34-25(35-29)15-22(30(2,3)4)27-21-10-6-5-9-19(21)14-24(27)37/h5-13,16-17,22,24,27,37H,14-15H2,1-4H3,(H,34,35). The van der Waals surface area contributed by atoms with Crippen molar-refractivity contribution in [2.24, 2.45) is 11.3 Å². The lowest BCUT2D eigenvalue weighted by molar-refractivity contribution is 0.0830. The van der Waals surface area contributed by atoms with E-state index in [-0.39, 0.29) is 17.3 Å². The monoisotopic (exact) mass is 492 g/mol. The van der Waals surface area contributed by atoms with Crippen LogP contribution in [0.3, 0.4) is 0 Å². The lowest BCUT2D eigenvalue weighted by Crippen LogP contribution is -2.33. The molecule has 3 atom stereocenters. The van der Waals surface area contributed by atoms with Gasteiger partial charge < -0.3 is 10.1 Å². The molecule has 1 aromatic carbocycles. The summed E-state index contributed by atoms with van der Waals surface area (Å²) >= 11 is 0. The Hall–Kier alpha value is -3.84. The third kappa shape index (κ3) is 4.33. The minimum absolute atomic E-state index is 0.0442. The molecule has 2 N–H and O–H groups in total. The predicted molar refractivity (Wildman–Crippen MR) is 144 cm³/mol. The summed E-state index contributed by atoms with van der Waals surface area (Å²) in [6.45, 7) is 8.78. The molecule has 1 aliphatic rings. The van der Waals surface area contributed by atoms with Crippen molar-refractivity contribution < 1.29 is 5.11 Å². The molecule has 6 rings (SSSR count). The Morgan fingerprint density at radius 1 is 1.05 bits per heavy atom. The van der Waals surface area contributed by atoms with E-state index >= 15 is 0 Å². The van der Waals surface area contributed by atoms with Crippen LogP contribution in [0, 0.1) is 18.3 Å². The van der Waals surface area contributed by atoms with E-state index in [2.05, 4.69) is 60.1 Å². The lowest BCUT2D eigenvalue weighted by Gasteiger charge is -2.37. The molecule has 7 heteroatoms. The van der Waals surface area contributed by atoms with Crippen LogP contribution in [-0.4, -0.2) is 40.8 Å². The Labute approximate surface area is 216 Å². The second-order valence-electron chi connectivity index (χ2n) is 11.2. The molecule has 4 heterocycles. The number of aromatic amines is 1. The number of aryl methyl sites for hydroxylation is 1. The maximum absolute atomic E-state index is 11.2. The first-order chi connectivity index (χ1) is 17.8. The Bertz CT molecular complexity index is 1580. The molecule has 0 saturated heterocycles. The molecule has 0 amide bonds. The Balaban J connectivity index is 1.45. The molecule has 0 fully saturated rings. The maximum atomic E-state index is 11.2. The van der Waals surface area contributed by atoms with Gasteiger partial charge in [-0.3, -0.25) is 4.98 Å². The van der Waals surface area contributed by atoms with Crippen LogP contribution < -0.4 is 0 Å². The van der Waals surface area contributed by atoms with Gasteiger partial charge in [-0.25, -0.2) is 14.5 Å². The topological polar surface area (TPSA) is 92.0 Å². The summed E-state index contributed by atoms with van der Waals surface area (Å²) in [5, 5.41) is 15.5. The van der Waals surface area contributed by atoms with Gasteiger partial charge in [0.1, 0.15) is 12.2 Å². The number of aliphatic hydroxyl groups is 1. The highest BCUT2D eigenvalue weighted by Gasteiger charge is 2.42. The van der Waals surface area contributed by atoms with Crippen LogP contribution >= 0.6 is 0 Å². The summed E-state index contributed by atoms with van der Waals surface area (Å²) < 4.78 is 1.76. The normalized spacial score (nSPS) is 18.3. The van der Waals surface area contributed by atoms with E-state index in [1.807, 2.05) is 43.5 Å². The van der Waals surface area contributed by atoms with Gasteiger partial charge in [0.2, 0.25) is 0 Å². The number of benzene rings is 1. The van der Waals surface area contributed by atoms with Crippen LogP contribution in [0.5, 0.6) is 0 Å². The number of nitrogens with one attached hydrogen (secondary N) is 1. The number of hydrogen-bond acceptors (Lipinski definition) is 5. The molecule has 4 aromatic heterocycles. The molecule has 0 aliphatic heterocycles. The highest BCUT2D eigenvalue weighted by Crippen LogP contribution is 2.47. The molecule has 188 valence electrons. The first kappa shape index (κ1) is 23.6. The molecule has 5 aromatic rings. The highest BCUT2D eigenvalue weighted by atomic mass is 16.3. The van der Waals surface area contributed by atoms with E-state index in [0.29, 0.717) is 12.8 Å². The zero-order valence-electron chi connectivity index (χ0n) is 21.7. The molecule has 0 radical (unpaired) electrons. The molecule has 0 saturated carbocycles. The van der Waals surface area contributed by atoms with Gasteiger partial charge in [0, 0.05) is 29.8 Å². The molecule has 0 spiro atoms. The van der Waals surface area contributed by atoms with E-state index in [4.69, 9.17) is 9.97 Å². The summed E-state index contributed by atoms with van der Waals surface area (Å²) in [6, 6.07) is 18.5. The summed E-state index contributed by atoms with van der Waals surface area (Å²) in [6.07, 6.45) is 4.52. The van der Waals surface area contributed by atoms with E-state index < -0.39 is 6.10 Å². The van der Waals surface area contributed by atoms with Crippen molar-refractivity contribution in [3.8, 4) is 22.6 Å². The van der Waals surface area contributed by atoms with Crippen LogP contribution in [0.25, 0.3) is 28.3 Å². The Morgan fingerprint density at radius 3 is 2.70 bits per heavy atom. The second-order valence-corrected chi connectivity index (χ2v) is 11.2. The quantitative estimate of drug-likeness (QED) is 0.343. The molecular formula is C30H32N6O. The number of imidazole rings is 1. The zero-order chi connectivity index (χ0) is 25.7. The number of H-pyrrole nitrogens is 1. The smallest absolute Gasteiger partial charge is 0.155 e. The predicted octanol–water partition coefficient (Wildman–Crippen LogP) is 5.40. The fourth-order valence-electron chi connectivity index (χ4n) is 5.82. The van der Waals surface area contributed by atoms with Crippen LogP contribution in [-0.2, 0) is 12.8 Å². The number of pyridine rings is 2. The third-order valence-corrected chi connectivity index (χ3v) is 7.66. The van der Waals surface area contributed by atoms with Crippen LogP contribution in [0.2, 0.25) is 0 Å². The van der Waals surface area contributed by atoms with Crippen LogP contribution in [0.4, 0.5) is 0 Å². The lowest BCUT2D eigenvalue weighted by atomic mass is 9.69. The number of aliphatic hydroxyl groups excluding tert-OH is 1. The molecule has 0 bridgehead atoms. The number of hydrogen-bond donors (Lipinski definition) is 2. The van der Waals surface area contributed by atoms with Crippen LogP contribution in [0.15, 0.2) is 67.1 Å². The van der Waals surface area contributed by atoms with Gasteiger partial charge in [0.25, 0.3) is 0 Å². The summed E-state index contributed by atoms with van der Waals surface area (Å²) in [7, 11) is 0. The van der Waals surface area contributed by atoms with Crippen LogP contribution in [0.1, 0.15) is 49.3 Å². The third-order valence-electron chi connectivity index (χ3n) is 7.66. The van der Waals surface area contributed by atoms with Crippen molar-refractivity contribution in [1.29, 1.82) is 0 Å². The first-order valence-electron chi connectivity index (χ1n) is 12.9. The van der Waals surface area contributed by atoms with Gasteiger partial charge in [-0.05, 0) is 60.1 Å². The van der Waals surface area contributed by atoms with Crippen molar-refractivity contribution in [3.63, 3.8) is 0 Å². The van der Waals surface area contributed by atoms with Gasteiger partial charge in [0.15, 0.2) is 5.65 Å². The molecule has 7 nitrogen and oxygen atoms in total. The Kier molecular flexibility index (Phi) is 5.68. The fraction of sp³-hybridized carbons (Fsp3) is 0.333. The average Bonchev–Trinajstić information content (AvgIpc) is 3.58. The van der Waals surface area contributed by atoms with Crippen molar-refractivity contribution >= 4 is 5.65 Å². The Morgan fingerprint density at radius 2 is 1.89 bits per heavy atom. The van der Waals surface area contributed by atoms with E-state index in [9.17, 15) is 5.11 Å². The first-order valence-corrected chi connectivity index (χ1v) is 12.9. The zero-order valence-corrected chi connectivity index (χ0v) is 21.7. The fourth-order valence-corrected chi connectivity index (χ4v) is 5.82. The van der Waals surface area contributed by atoms with Gasteiger partial charge in [-0.1, -0.05) is 51.1 Å². The van der Waals surface area contributed by atoms with Gasteiger partial charge in [-0.15, -0.1) is 0 Å². The molecule has 3 unspecified atom stereocenters. The van der Waals surface area contributed by atoms with Gasteiger partial charge in [-0.2, -0.15) is 5.10 Å². The van der Waals surface area contributed by atoms with Gasteiger partial charge >= 0.3 is 0 Å². The number of fused-ring (bicyclic) bond motifs is 2. The minimum atomic E-state index is -0.399. The van der Waals surface area contributed by atoms with E-state index in [1.54, 1.807) is 10.8 Å². The van der Waals surface area contributed by atoms with Crippen molar-refractivity contribution in [2.75, 3.05) is 0 Å². The number of nitrogens with zero attached hydrogens (tertiary/aromatic N) is 5. The summed E-state index contributed by atoms with van der Waals surface area (Å²) in [5.74, 6) is 1.13. The van der Waals surface area contributed by atoms with E-state index in [1.165, 1.54) is 11.1 Å². The maximum Gasteiger partial charge on any atom is 0.155 e. The number of aromatic nitrogens is 6. The molecular weight excluding hydrogens is 460 g/mol. The largest absolute Gasteiger partial charge is 0.392 e. The second kappa shape index (κ2) is 8.92. The minimum Gasteiger partial charge on any atom is -0.392 e. The summed E-state index contributed by atoms with van der Waals surface area (Å²) in [5.41, 5.74) is 7.73. The van der Waals surface area contributed by atoms with Crippen molar-refractivity contribution in [1.82, 2.24) is 29.5 Å². The van der Waals surface area contributed by atoms with E-state index in [0.717, 1.165) is 39.8 Å². The SMILES string of the molecule is Cc1cccc(-c2[nH]c(CC(C3c4ccccc4CC3O)C(C)(C)C)nc2-c2ccc3ncnn3c2)n1. The number of rotatable bonds is 5. The van der Waals surface area contributed by atoms with Gasteiger partial charge in [0.05, 0.1) is 23.2 Å². The summed E-state index contributed by atoms with van der Waals surface area (Å²) in [4.78, 5) is 17.8. The average molecular weight is 493 g/mol.